The van der Waals surface area contributed by atoms with E-state index in [2.05, 4.69) is 47.3 Å². The predicted molar refractivity (Wildman–Crippen MR) is 115 cm³/mol. The van der Waals surface area contributed by atoms with Crippen LogP contribution < -0.4 is 4.90 Å². The van der Waals surface area contributed by atoms with Crippen molar-refractivity contribution < 1.29 is 4.79 Å². The van der Waals surface area contributed by atoms with Gasteiger partial charge in [0.1, 0.15) is 0 Å². The lowest BCUT2D eigenvalue weighted by Crippen LogP contribution is -2.49. The molecule has 29 heavy (non-hydrogen) atoms. The SMILES string of the molecule is Cc1cccc(N2CCN(C(=O)c3nnn(-c4ccc(Cl)cc4)c3C)CC2)c1C. The lowest BCUT2D eigenvalue weighted by Gasteiger charge is -2.36. The Bertz CT molecular complexity index is 1040. The monoisotopic (exact) mass is 409 g/mol. The molecule has 3 aromatic rings. The van der Waals surface area contributed by atoms with E-state index in [1.807, 2.05) is 24.0 Å². The maximum atomic E-state index is 13.1. The van der Waals surface area contributed by atoms with Gasteiger partial charge in [0.2, 0.25) is 0 Å². The van der Waals surface area contributed by atoms with Crippen molar-refractivity contribution in [3.8, 4) is 5.69 Å². The quantitative estimate of drug-likeness (QED) is 0.660. The van der Waals surface area contributed by atoms with Crippen molar-refractivity contribution in [3.05, 3.63) is 70.0 Å². The molecule has 1 aliphatic rings. The Kier molecular flexibility index (Phi) is 5.28. The molecule has 1 saturated heterocycles. The number of hydrogen-bond donors (Lipinski definition) is 0. The number of aromatic nitrogens is 3. The van der Waals surface area contributed by atoms with Crippen LogP contribution in [0.3, 0.4) is 0 Å². The van der Waals surface area contributed by atoms with Crippen molar-refractivity contribution in [2.24, 2.45) is 0 Å². The summed E-state index contributed by atoms with van der Waals surface area (Å²) in [6.07, 6.45) is 0. The normalized spacial score (nSPS) is 14.3. The summed E-state index contributed by atoms with van der Waals surface area (Å²) in [6.45, 7) is 9.10. The molecule has 0 aliphatic carbocycles. The molecule has 0 bridgehead atoms. The zero-order valence-corrected chi connectivity index (χ0v) is 17.6. The number of halogens is 1. The van der Waals surface area contributed by atoms with E-state index in [-0.39, 0.29) is 5.91 Å². The zero-order chi connectivity index (χ0) is 20.5. The van der Waals surface area contributed by atoms with E-state index in [1.165, 1.54) is 16.8 Å². The molecule has 0 radical (unpaired) electrons. The molecule has 0 N–H and O–H groups in total. The van der Waals surface area contributed by atoms with Gasteiger partial charge in [-0.15, -0.1) is 5.10 Å². The Balaban J connectivity index is 1.48. The Morgan fingerprint density at radius 3 is 2.34 bits per heavy atom. The topological polar surface area (TPSA) is 54.3 Å². The van der Waals surface area contributed by atoms with Crippen molar-refractivity contribution in [1.29, 1.82) is 0 Å². The molecule has 0 spiro atoms. The highest BCUT2D eigenvalue weighted by Crippen LogP contribution is 2.24. The molecule has 1 aliphatic heterocycles. The van der Waals surface area contributed by atoms with Crippen molar-refractivity contribution in [2.45, 2.75) is 20.8 Å². The Morgan fingerprint density at radius 2 is 1.66 bits per heavy atom. The summed E-state index contributed by atoms with van der Waals surface area (Å²) in [6, 6.07) is 13.7. The van der Waals surface area contributed by atoms with Crippen molar-refractivity contribution in [3.63, 3.8) is 0 Å². The molecule has 0 unspecified atom stereocenters. The highest BCUT2D eigenvalue weighted by Gasteiger charge is 2.27. The largest absolute Gasteiger partial charge is 0.368 e. The number of amides is 1. The van der Waals surface area contributed by atoms with Crippen LogP contribution in [0.5, 0.6) is 0 Å². The maximum Gasteiger partial charge on any atom is 0.276 e. The van der Waals surface area contributed by atoms with E-state index >= 15 is 0 Å². The maximum absolute atomic E-state index is 13.1. The van der Waals surface area contributed by atoms with Gasteiger partial charge in [0.25, 0.3) is 5.91 Å². The molecule has 1 aromatic heterocycles. The number of carbonyl (C=O) groups is 1. The summed E-state index contributed by atoms with van der Waals surface area (Å²) < 4.78 is 1.68. The minimum absolute atomic E-state index is 0.0664. The van der Waals surface area contributed by atoms with Gasteiger partial charge in [-0.2, -0.15) is 0 Å². The molecule has 4 rings (SSSR count). The second-order valence-electron chi connectivity index (χ2n) is 7.41. The summed E-state index contributed by atoms with van der Waals surface area (Å²) in [5.41, 5.74) is 5.80. The summed E-state index contributed by atoms with van der Waals surface area (Å²) in [4.78, 5) is 17.3. The number of benzene rings is 2. The van der Waals surface area contributed by atoms with E-state index in [0.29, 0.717) is 23.8 Å². The Morgan fingerprint density at radius 1 is 0.966 bits per heavy atom. The molecule has 6 nitrogen and oxygen atoms in total. The highest BCUT2D eigenvalue weighted by molar-refractivity contribution is 6.30. The van der Waals surface area contributed by atoms with Gasteiger partial charge in [-0.05, 0) is 62.2 Å². The number of anilines is 1. The van der Waals surface area contributed by atoms with Crippen LogP contribution in [0.1, 0.15) is 27.3 Å². The van der Waals surface area contributed by atoms with Crippen LogP contribution in [-0.2, 0) is 0 Å². The van der Waals surface area contributed by atoms with E-state index < -0.39 is 0 Å². The van der Waals surface area contributed by atoms with Gasteiger partial charge in [-0.1, -0.05) is 28.9 Å². The minimum atomic E-state index is -0.0664. The van der Waals surface area contributed by atoms with Crippen LogP contribution in [0.4, 0.5) is 5.69 Å². The van der Waals surface area contributed by atoms with Gasteiger partial charge in [-0.3, -0.25) is 4.79 Å². The highest BCUT2D eigenvalue weighted by atomic mass is 35.5. The fraction of sp³-hybridized carbons (Fsp3) is 0.318. The molecule has 2 aromatic carbocycles. The standard InChI is InChI=1S/C22H24ClN5O/c1-15-5-4-6-20(16(15)2)26-11-13-27(14-12-26)22(29)21-17(3)28(25-24-21)19-9-7-18(23)8-10-19/h4-10H,11-14H2,1-3H3. The van der Waals surface area contributed by atoms with Gasteiger partial charge >= 0.3 is 0 Å². The number of piperazine rings is 1. The molecular formula is C22H24ClN5O. The molecule has 7 heteroatoms. The van der Waals surface area contributed by atoms with E-state index in [4.69, 9.17) is 11.6 Å². The summed E-state index contributed by atoms with van der Waals surface area (Å²) in [5, 5.41) is 9.01. The summed E-state index contributed by atoms with van der Waals surface area (Å²) in [7, 11) is 0. The van der Waals surface area contributed by atoms with E-state index in [9.17, 15) is 4.79 Å². The van der Waals surface area contributed by atoms with Gasteiger partial charge in [0.05, 0.1) is 11.4 Å². The number of nitrogens with zero attached hydrogens (tertiary/aromatic N) is 5. The van der Waals surface area contributed by atoms with Gasteiger partial charge in [0.15, 0.2) is 5.69 Å². The molecular weight excluding hydrogens is 386 g/mol. The van der Waals surface area contributed by atoms with Crippen LogP contribution in [0, 0.1) is 20.8 Å². The van der Waals surface area contributed by atoms with Crippen LogP contribution in [-0.4, -0.2) is 52.0 Å². The summed E-state index contributed by atoms with van der Waals surface area (Å²) >= 11 is 5.96. The smallest absolute Gasteiger partial charge is 0.276 e. The Hall–Kier alpha value is -2.86. The molecule has 2 heterocycles. The summed E-state index contributed by atoms with van der Waals surface area (Å²) in [5.74, 6) is -0.0664. The van der Waals surface area contributed by atoms with E-state index in [0.717, 1.165) is 24.5 Å². The van der Waals surface area contributed by atoms with Crippen molar-refractivity contribution >= 4 is 23.2 Å². The number of carbonyl (C=O) groups excluding carboxylic acids is 1. The zero-order valence-electron chi connectivity index (χ0n) is 16.9. The van der Waals surface area contributed by atoms with Crippen molar-refractivity contribution in [2.75, 3.05) is 31.1 Å². The first kappa shape index (κ1) is 19.5. The predicted octanol–water partition coefficient (Wildman–Crippen LogP) is 3.81. The first-order chi connectivity index (χ1) is 14.0. The average Bonchev–Trinajstić information content (AvgIpc) is 3.11. The van der Waals surface area contributed by atoms with Crippen LogP contribution in [0.15, 0.2) is 42.5 Å². The molecule has 150 valence electrons. The molecule has 0 atom stereocenters. The van der Waals surface area contributed by atoms with Crippen molar-refractivity contribution in [1.82, 2.24) is 19.9 Å². The molecule has 1 fully saturated rings. The lowest BCUT2D eigenvalue weighted by molar-refractivity contribution is 0.0740. The van der Waals surface area contributed by atoms with Gasteiger partial charge < -0.3 is 9.80 Å². The van der Waals surface area contributed by atoms with Crippen LogP contribution >= 0.6 is 11.6 Å². The van der Waals surface area contributed by atoms with E-state index in [1.54, 1.807) is 16.8 Å². The number of hydrogen-bond acceptors (Lipinski definition) is 4. The first-order valence-corrected chi connectivity index (χ1v) is 10.1. The number of rotatable bonds is 3. The molecule has 1 amide bonds. The lowest BCUT2D eigenvalue weighted by atomic mass is 10.1. The van der Waals surface area contributed by atoms with Crippen LogP contribution in [0.25, 0.3) is 5.69 Å². The first-order valence-electron chi connectivity index (χ1n) is 9.74. The Labute approximate surface area is 175 Å². The average molecular weight is 410 g/mol. The van der Waals surface area contributed by atoms with Gasteiger partial charge in [-0.25, -0.2) is 4.68 Å². The van der Waals surface area contributed by atoms with Crippen LogP contribution in [0.2, 0.25) is 5.02 Å². The third-order valence-corrected chi connectivity index (χ3v) is 5.90. The fourth-order valence-corrected chi connectivity index (χ4v) is 3.86. The molecule has 0 saturated carbocycles. The van der Waals surface area contributed by atoms with Gasteiger partial charge in [0, 0.05) is 36.9 Å². The third-order valence-electron chi connectivity index (χ3n) is 5.65. The second-order valence-corrected chi connectivity index (χ2v) is 7.85. The minimum Gasteiger partial charge on any atom is -0.368 e. The third kappa shape index (κ3) is 3.72. The second kappa shape index (κ2) is 7.87. The fourth-order valence-electron chi connectivity index (χ4n) is 3.73. The number of aryl methyl sites for hydroxylation is 1.